The molecule has 0 unspecified atom stereocenters. The van der Waals surface area contributed by atoms with Crippen LogP contribution in [-0.4, -0.2) is 22.9 Å². The van der Waals surface area contributed by atoms with Gasteiger partial charge in [-0.1, -0.05) is 12.1 Å². The molecular formula is C16H21N3O. The number of nitrogens with zero attached hydrogens (tertiary/aromatic N) is 2. The van der Waals surface area contributed by atoms with Gasteiger partial charge >= 0.3 is 0 Å². The minimum absolute atomic E-state index is 0.831. The summed E-state index contributed by atoms with van der Waals surface area (Å²) in [4.78, 5) is 0. The molecule has 0 atom stereocenters. The summed E-state index contributed by atoms with van der Waals surface area (Å²) in [6.45, 7) is 4.80. The van der Waals surface area contributed by atoms with Crippen LogP contribution in [0.2, 0.25) is 0 Å². The van der Waals surface area contributed by atoms with Gasteiger partial charge in [-0.15, -0.1) is 0 Å². The molecule has 0 bridgehead atoms. The SMILES string of the molecule is Cc1c(CNCCc2ccc3c(c2)CCO3)cnn1C. The van der Waals surface area contributed by atoms with Crippen LogP contribution in [0.5, 0.6) is 5.75 Å². The zero-order valence-electron chi connectivity index (χ0n) is 12.1. The summed E-state index contributed by atoms with van der Waals surface area (Å²) in [7, 11) is 1.98. The first-order valence-corrected chi connectivity index (χ1v) is 7.17. The molecule has 0 radical (unpaired) electrons. The molecule has 0 saturated carbocycles. The Kier molecular flexibility index (Phi) is 3.74. The summed E-state index contributed by atoms with van der Waals surface area (Å²) in [5, 5.41) is 7.74. The highest BCUT2D eigenvalue weighted by molar-refractivity contribution is 5.39. The van der Waals surface area contributed by atoms with Gasteiger partial charge in [0, 0.05) is 31.3 Å². The molecular weight excluding hydrogens is 250 g/mol. The quantitative estimate of drug-likeness (QED) is 0.845. The van der Waals surface area contributed by atoms with Gasteiger partial charge in [0.05, 0.1) is 12.8 Å². The first-order chi connectivity index (χ1) is 9.74. The van der Waals surface area contributed by atoms with E-state index in [0.717, 1.165) is 38.3 Å². The fraction of sp³-hybridized carbons (Fsp3) is 0.438. The monoisotopic (exact) mass is 271 g/mol. The number of fused-ring (bicyclic) bond motifs is 1. The van der Waals surface area contributed by atoms with Crippen LogP contribution in [0.15, 0.2) is 24.4 Å². The first-order valence-electron chi connectivity index (χ1n) is 7.17. The van der Waals surface area contributed by atoms with Crippen molar-refractivity contribution in [2.75, 3.05) is 13.2 Å². The fourth-order valence-electron chi connectivity index (χ4n) is 2.57. The Morgan fingerprint density at radius 2 is 2.30 bits per heavy atom. The third kappa shape index (κ3) is 2.70. The van der Waals surface area contributed by atoms with Crippen molar-refractivity contribution in [2.45, 2.75) is 26.3 Å². The number of ether oxygens (including phenoxy) is 1. The molecule has 106 valence electrons. The average molecular weight is 271 g/mol. The lowest BCUT2D eigenvalue weighted by Crippen LogP contribution is -2.17. The van der Waals surface area contributed by atoms with E-state index in [9.17, 15) is 0 Å². The Morgan fingerprint density at radius 1 is 1.40 bits per heavy atom. The van der Waals surface area contributed by atoms with E-state index in [0.29, 0.717) is 0 Å². The van der Waals surface area contributed by atoms with Crippen molar-refractivity contribution >= 4 is 0 Å². The molecule has 0 spiro atoms. The van der Waals surface area contributed by atoms with Crippen LogP contribution < -0.4 is 10.1 Å². The molecule has 2 heterocycles. The predicted molar refractivity (Wildman–Crippen MR) is 79.0 cm³/mol. The zero-order chi connectivity index (χ0) is 13.9. The van der Waals surface area contributed by atoms with Crippen molar-refractivity contribution in [3.63, 3.8) is 0 Å². The highest BCUT2D eigenvalue weighted by atomic mass is 16.5. The highest BCUT2D eigenvalue weighted by Crippen LogP contribution is 2.25. The van der Waals surface area contributed by atoms with E-state index in [1.807, 2.05) is 17.9 Å². The number of aromatic nitrogens is 2. The van der Waals surface area contributed by atoms with Crippen LogP contribution in [0, 0.1) is 6.92 Å². The molecule has 20 heavy (non-hydrogen) atoms. The van der Waals surface area contributed by atoms with E-state index in [1.54, 1.807) is 0 Å². The number of nitrogens with one attached hydrogen (secondary N) is 1. The maximum Gasteiger partial charge on any atom is 0.122 e. The Hall–Kier alpha value is -1.81. The summed E-state index contributed by atoms with van der Waals surface area (Å²) >= 11 is 0. The molecule has 4 nitrogen and oxygen atoms in total. The van der Waals surface area contributed by atoms with Gasteiger partial charge in [-0.25, -0.2) is 0 Å². The lowest BCUT2D eigenvalue weighted by atomic mass is 10.1. The van der Waals surface area contributed by atoms with Crippen molar-refractivity contribution in [1.29, 1.82) is 0 Å². The molecule has 0 fully saturated rings. The predicted octanol–water partition coefficient (Wildman–Crippen LogP) is 2.00. The minimum Gasteiger partial charge on any atom is -0.493 e. The number of hydrogen-bond donors (Lipinski definition) is 1. The minimum atomic E-state index is 0.831. The summed E-state index contributed by atoms with van der Waals surface area (Å²) in [5.74, 6) is 1.06. The second-order valence-electron chi connectivity index (χ2n) is 5.35. The highest BCUT2D eigenvalue weighted by Gasteiger charge is 2.11. The zero-order valence-corrected chi connectivity index (χ0v) is 12.1. The van der Waals surface area contributed by atoms with E-state index in [2.05, 4.69) is 35.5 Å². The summed E-state index contributed by atoms with van der Waals surface area (Å²) < 4.78 is 7.44. The topological polar surface area (TPSA) is 39.1 Å². The molecule has 1 N–H and O–H groups in total. The van der Waals surface area contributed by atoms with Crippen LogP contribution in [0.3, 0.4) is 0 Å². The maximum absolute atomic E-state index is 5.53. The van der Waals surface area contributed by atoms with Gasteiger partial charge in [-0.3, -0.25) is 4.68 Å². The van der Waals surface area contributed by atoms with Crippen molar-refractivity contribution in [1.82, 2.24) is 15.1 Å². The van der Waals surface area contributed by atoms with Gasteiger partial charge < -0.3 is 10.1 Å². The van der Waals surface area contributed by atoms with E-state index in [1.165, 1.54) is 22.4 Å². The lowest BCUT2D eigenvalue weighted by Gasteiger charge is -2.06. The number of aryl methyl sites for hydroxylation is 1. The van der Waals surface area contributed by atoms with Gasteiger partial charge in [0.25, 0.3) is 0 Å². The molecule has 0 amide bonds. The fourth-order valence-corrected chi connectivity index (χ4v) is 2.57. The van der Waals surface area contributed by atoms with Crippen LogP contribution in [-0.2, 0) is 26.4 Å². The molecule has 0 aliphatic carbocycles. The summed E-state index contributed by atoms with van der Waals surface area (Å²) in [6, 6.07) is 6.55. The largest absolute Gasteiger partial charge is 0.493 e. The van der Waals surface area contributed by atoms with Crippen LogP contribution >= 0.6 is 0 Å². The molecule has 2 aromatic rings. The lowest BCUT2D eigenvalue weighted by molar-refractivity contribution is 0.357. The Morgan fingerprint density at radius 3 is 3.10 bits per heavy atom. The van der Waals surface area contributed by atoms with Crippen LogP contribution in [0.4, 0.5) is 0 Å². The second kappa shape index (κ2) is 5.67. The molecule has 1 aromatic heterocycles. The van der Waals surface area contributed by atoms with Crippen molar-refractivity contribution in [2.24, 2.45) is 7.05 Å². The van der Waals surface area contributed by atoms with Gasteiger partial charge in [0.2, 0.25) is 0 Å². The Bertz CT molecular complexity index is 604. The molecule has 1 aromatic carbocycles. The summed E-state index contributed by atoms with van der Waals surface area (Å²) in [5.41, 5.74) is 5.23. The van der Waals surface area contributed by atoms with E-state index in [4.69, 9.17) is 4.74 Å². The Labute approximate surface area is 119 Å². The molecule has 1 aliphatic rings. The van der Waals surface area contributed by atoms with Crippen molar-refractivity contribution in [3.05, 3.63) is 46.8 Å². The van der Waals surface area contributed by atoms with E-state index in [-0.39, 0.29) is 0 Å². The average Bonchev–Trinajstić information content (AvgIpc) is 3.04. The van der Waals surface area contributed by atoms with Gasteiger partial charge in [-0.2, -0.15) is 5.10 Å². The van der Waals surface area contributed by atoms with E-state index >= 15 is 0 Å². The number of benzene rings is 1. The second-order valence-corrected chi connectivity index (χ2v) is 5.35. The standard InChI is InChI=1S/C16H21N3O/c1-12-15(11-18-19(12)2)10-17-7-5-13-3-4-16-14(9-13)6-8-20-16/h3-4,9,11,17H,5-8,10H2,1-2H3. The molecule has 3 rings (SSSR count). The third-order valence-corrected chi connectivity index (χ3v) is 4.00. The smallest absolute Gasteiger partial charge is 0.122 e. The Balaban J connectivity index is 1.49. The molecule has 0 saturated heterocycles. The van der Waals surface area contributed by atoms with Crippen molar-refractivity contribution in [3.8, 4) is 5.75 Å². The van der Waals surface area contributed by atoms with Gasteiger partial charge in [0.15, 0.2) is 0 Å². The van der Waals surface area contributed by atoms with Gasteiger partial charge in [0.1, 0.15) is 5.75 Å². The third-order valence-electron chi connectivity index (χ3n) is 4.00. The van der Waals surface area contributed by atoms with E-state index < -0.39 is 0 Å². The van der Waals surface area contributed by atoms with Crippen molar-refractivity contribution < 1.29 is 4.74 Å². The van der Waals surface area contributed by atoms with Crippen LogP contribution in [0.1, 0.15) is 22.4 Å². The van der Waals surface area contributed by atoms with Gasteiger partial charge in [-0.05, 0) is 37.1 Å². The van der Waals surface area contributed by atoms with Crippen LogP contribution in [0.25, 0.3) is 0 Å². The number of hydrogen-bond acceptors (Lipinski definition) is 3. The molecule has 1 aliphatic heterocycles. The normalized spacial score (nSPS) is 13.3. The maximum atomic E-state index is 5.53. The first kappa shape index (κ1) is 13.2. The number of rotatable bonds is 5. The molecule has 4 heteroatoms. The summed E-state index contributed by atoms with van der Waals surface area (Å²) in [6.07, 6.45) is 4.03.